The van der Waals surface area contributed by atoms with Gasteiger partial charge in [-0.3, -0.25) is 0 Å². The predicted molar refractivity (Wildman–Crippen MR) is 95.3 cm³/mol. The Morgan fingerprint density at radius 1 is 1.29 bits per heavy atom. The maximum Gasteiger partial charge on any atom is 0.317 e. The largest absolute Gasteiger partial charge is 0.493 e. The van der Waals surface area contributed by atoms with Gasteiger partial charge in [0.2, 0.25) is 0 Å². The van der Waals surface area contributed by atoms with Crippen molar-refractivity contribution < 1.29 is 14.6 Å². The second kappa shape index (κ2) is 9.52. The first-order valence-corrected chi connectivity index (χ1v) is 8.94. The van der Waals surface area contributed by atoms with Crippen LogP contribution in [0.3, 0.4) is 0 Å². The molecule has 1 aromatic rings. The van der Waals surface area contributed by atoms with Crippen molar-refractivity contribution in [3.63, 3.8) is 0 Å². The van der Waals surface area contributed by atoms with E-state index in [1.807, 2.05) is 17.0 Å². The third-order valence-corrected chi connectivity index (χ3v) is 4.36. The molecule has 5 nitrogen and oxygen atoms in total. The van der Waals surface area contributed by atoms with Gasteiger partial charge < -0.3 is 20.1 Å². The Morgan fingerprint density at radius 2 is 1.96 bits per heavy atom. The molecule has 1 fully saturated rings. The molecule has 0 aliphatic carbocycles. The highest BCUT2D eigenvalue weighted by molar-refractivity contribution is 5.74. The summed E-state index contributed by atoms with van der Waals surface area (Å²) < 4.78 is 5.67. The van der Waals surface area contributed by atoms with Gasteiger partial charge in [-0.1, -0.05) is 26.0 Å². The van der Waals surface area contributed by atoms with E-state index in [4.69, 9.17) is 9.84 Å². The number of amides is 2. The molecule has 2 rings (SSSR count). The van der Waals surface area contributed by atoms with Crippen molar-refractivity contribution in [1.29, 1.82) is 0 Å². The fourth-order valence-corrected chi connectivity index (χ4v) is 2.76. The molecule has 1 aliphatic heterocycles. The Hall–Kier alpha value is -1.75. The number of nitrogens with one attached hydrogen (secondary N) is 1. The topological polar surface area (TPSA) is 61.8 Å². The summed E-state index contributed by atoms with van der Waals surface area (Å²) in [5.74, 6) is 1.76. The molecule has 5 heteroatoms. The number of likely N-dealkylation sites (tertiary alicyclic amines) is 1. The number of benzene rings is 1. The van der Waals surface area contributed by atoms with Crippen molar-refractivity contribution in [1.82, 2.24) is 10.2 Å². The fraction of sp³-hybridized carbons (Fsp3) is 0.632. The van der Waals surface area contributed by atoms with Gasteiger partial charge in [0.15, 0.2) is 0 Å². The quantitative estimate of drug-likeness (QED) is 0.806. The smallest absolute Gasteiger partial charge is 0.317 e. The van der Waals surface area contributed by atoms with Crippen LogP contribution in [0.2, 0.25) is 0 Å². The van der Waals surface area contributed by atoms with Crippen molar-refractivity contribution in [3.05, 3.63) is 29.8 Å². The van der Waals surface area contributed by atoms with Gasteiger partial charge in [0.25, 0.3) is 0 Å². The van der Waals surface area contributed by atoms with Crippen molar-refractivity contribution in [2.45, 2.75) is 33.1 Å². The van der Waals surface area contributed by atoms with Gasteiger partial charge in [0, 0.05) is 26.2 Å². The summed E-state index contributed by atoms with van der Waals surface area (Å²) >= 11 is 0. The molecule has 0 atom stereocenters. The highest BCUT2D eigenvalue weighted by Gasteiger charge is 2.21. The highest BCUT2D eigenvalue weighted by atomic mass is 16.5. The number of hydrogen-bond donors (Lipinski definition) is 2. The molecule has 0 saturated carbocycles. The number of urea groups is 1. The van der Waals surface area contributed by atoms with Crippen LogP contribution in [0.1, 0.15) is 32.3 Å². The lowest BCUT2D eigenvalue weighted by molar-refractivity contribution is 0.137. The molecule has 24 heavy (non-hydrogen) atoms. The first-order valence-electron chi connectivity index (χ1n) is 8.94. The van der Waals surface area contributed by atoms with Crippen LogP contribution in [0.15, 0.2) is 24.3 Å². The summed E-state index contributed by atoms with van der Waals surface area (Å²) in [5.41, 5.74) is 1.19. The molecular weight excluding hydrogens is 304 g/mol. The van der Waals surface area contributed by atoms with E-state index < -0.39 is 0 Å². The average molecular weight is 334 g/mol. The van der Waals surface area contributed by atoms with E-state index >= 15 is 0 Å². The second-order valence-corrected chi connectivity index (χ2v) is 6.94. The Bertz CT molecular complexity index is 494. The number of piperidine rings is 1. The summed E-state index contributed by atoms with van der Waals surface area (Å²) in [6.07, 6.45) is 2.59. The molecule has 1 aliphatic rings. The molecule has 1 heterocycles. The zero-order valence-electron chi connectivity index (χ0n) is 14.8. The van der Waals surface area contributed by atoms with Gasteiger partial charge in [0.05, 0.1) is 6.61 Å². The molecule has 1 saturated heterocycles. The Kier molecular flexibility index (Phi) is 7.37. The zero-order chi connectivity index (χ0) is 17.4. The maximum atomic E-state index is 12.1. The second-order valence-electron chi connectivity index (χ2n) is 6.94. The fourth-order valence-electron chi connectivity index (χ4n) is 2.76. The number of hydrogen-bond acceptors (Lipinski definition) is 3. The molecule has 2 amide bonds. The van der Waals surface area contributed by atoms with Gasteiger partial charge >= 0.3 is 6.03 Å². The van der Waals surface area contributed by atoms with Gasteiger partial charge in [0.1, 0.15) is 5.75 Å². The minimum atomic E-state index is 0.00303. The van der Waals surface area contributed by atoms with E-state index in [1.165, 1.54) is 5.56 Å². The molecule has 0 unspecified atom stereocenters. The summed E-state index contributed by atoms with van der Waals surface area (Å²) in [6.45, 7) is 7.31. The highest BCUT2D eigenvalue weighted by Crippen LogP contribution is 2.16. The van der Waals surface area contributed by atoms with Crippen LogP contribution in [0, 0.1) is 11.8 Å². The van der Waals surface area contributed by atoms with Crippen molar-refractivity contribution >= 4 is 6.03 Å². The standard InChI is InChI=1S/C19H30N2O3/c1-15(2)14-24-18-5-3-16(4-6-18)7-10-20-19(23)21-11-8-17(13-22)9-12-21/h3-6,15,17,22H,7-14H2,1-2H3,(H,20,23). The monoisotopic (exact) mass is 334 g/mol. The summed E-state index contributed by atoms with van der Waals surface area (Å²) in [4.78, 5) is 14.0. The molecule has 134 valence electrons. The maximum absolute atomic E-state index is 12.1. The molecule has 2 N–H and O–H groups in total. The van der Waals surface area contributed by atoms with E-state index in [1.54, 1.807) is 0 Å². The van der Waals surface area contributed by atoms with Crippen LogP contribution < -0.4 is 10.1 Å². The number of carbonyl (C=O) groups excluding carboxylic acids is 1. The predicted octanol–water partition coefficient (Wildman–Crippen LogP) is 2.68. The van der Waals surface area contributed by atoms with Gasteiger partial charge in [-0.15, -0.1) is 0 Å². The van der Waals surface area contributed by atoms with E-state index in [0.717, 1.165) is 44.7 Å². The molecule has 0 radical (unpaired) electrons. The molecular formula is C19H30N2O3. The molecule has 0 spiro atoms. The van der Waals surface area contributed by atoms with Gasteiger partial charge in [-0.05, 0) is 48.8 Å². The number of rotatable bonds is 7. The van der Waals surface area contributed by atoms with Crippen LogP contribution in [-0.2, 0) is 6.42 Å². The van der Waals surface area contributed by atoms with Crippen LogP contribution >= 0.6 is 0 Å². The van der Waals surface area contributed by atoms with Crippen LogP contribution in [0.5, 0.6) is 5.75 Å². The average Bonchev–Trinajstić information content (AvgIpc) is 2.61. The van der Waals surface area contributed by atoms with Crippen molar-refractivity contribution in [2.75, 3.05) is 32.8 Å². The lowest BCUT2D eigenvalue weighted by atomic mass is 9.98. The van der Waals surface area contributed by atoms with E-state index in [0.29, 0.717) is 18.4 Å². The minimum Gasteiger partial charge on any atom is -0.493 e. The number of aliphatic hydroxyl groups excluding tert-OH is 1. The summed E-state index contributed by atoms with van der Waals surface area (Å²) in [5, 5.41) is 12.1. The third kappa shape index (κ3) is 6.04. The van der Waals surface area contributed by atoms with Crippen LogP contribution in [0.25, 0.3) is 0 Å². The molecule has 0 aromatic heterocycles. The number of aliphatic hydroxyl groups is 1. The number of carbonyl (C=O) groups is 1. The molecule has 1 aromatic carbocycles. The number of ether oxygens (including phenoxy) is 1. The van der Waals surface area contributed by atoms with E-state index in [9.17, 15) is 4.79 Å². The SMILES string of the molecule is CC(C)COc1ccc(CCNC(=O)N2CCC(CO)CC2)cc1. The first-order chi connectivity index (χ1) is 11.6. The zero-order valence-corrected chi connectivity index (χ0v) is 14.8. The first kappa shape index (κ1) is 18.6. The van der Waals surface area contributed by atoms with Crippen LogP contribution in [0.4, 0.5) is 4.79 Å². The normalized spacial score (nSPS) is 15.6. The van der Waals surface area contributed by atoms with Crippen molar-refractivity contribution in [3.8, 4) is 5.75 Å². The Morgan fingerprint density at radius 3 is 2.54 bits per heavy atom. The third-order valence-electron chi connectivity index (χ3n) is 4.36. The van der Waals surface area contributed by atoms with Crippen LogP contribution in [-0.4, -0.2) is 48.9 Å². The Balaban J connectivity index is 1.67. The Labute approximate surface area is 145 Å². The van der Waals surface area contributed by atoms with Gasteiger partial charge in [-0.2, -0.15) is 0 Å². The van der Waals surface area contributed by atoms with Crippen molar-refractivity contribution in [2.24, 2.45) is 11.8 Å². The van der Waals surface area contributed by atoms with Gasteiger partial charge in [-0.25, -0.2) is 4.79 Å². The van der Waals surface area contributed by atoms with E-state index in [2.05, 4.69) is 31.3 Å². The lowest BCUT2D eigenvalue weighted by Gasteiger charge is -2.31. The molecule has 0 bridgehead atoms. The minimum absolute atomic E-state index is 0.00303. The number of nitrogens with zero attached hydrogens (tertiary/aromatic N) is 1. The lowest BCUT2D eigenvalue weighted by Crippen LogP contribution is -2.45. The summed E-state index contributed by atoms with van der Waals surface area (Å²) in [6, 6.07) is 8.07. The summed E-state index contributed by atoms with van der Waals surface area (Å²) in [7, 11) is 0. The van der Waals surface area contributed by atoms with E-state index in [-0.39, 0.29) is 12.6 Å².